The molecular weight excluding hydrogens is 168 g/mol. The molecule has 0 nitrogen and oxygen atoms in total. The predicted molar refractivity (Wildman–Crippen MR) is 60.0 cm³/mol. The van der Waals surface area contributed by atoms with E-state index in [1.165, 1.54) is 37.7 Å². The second-order valence-electron chi connectivity index (χ2n) is 3.22. The summed E-state index contributed by atoms with van der Waals surface area (Å²) < 4.78 is 0. The Morgan fingerprint density at radius 3 is 2.46 bits per heavy atom. The van der Waals surface area contributed by atoms with Crippen molar-refractivity contribution in [3.63, 3.8) is 0 Å². The molecule has 0 saturated heterocycles. The first kappa shape index (κ1) is 13.0. The van der Waals surface area contributed by atoms with Crippen LogP contribution in [-0.2, 0) is 6.42 Å². The predicted octanol–water partition coefficient (Wildman–Crippen LogP) is 3.34. The van der Waals surface area contributed by atoms with Crippen molar-refractivity contribution in [3.05, 3.63) is 35.9 Å². The zero-order valence-electron chi connectivity index (χ0n) is 9.55. The maximum absolute atomic E-state index is 3.03. The van der Waals surface area contributed by atoms with Gasteiger partial charge in [0.1, 0.15) is 0 Å². The van der Waals surface area contributed by atoms with Crippen molar-refractivity contribution in [2.24, 2.45) is 0 Å². The van der Waals surface area contributed by atoms with Gasteiger partial charge in [0.25, 0.3) is 0 Å². The zero-order chi connectivity index (χ0) is 8.65. The summed E-state index contributed by atoms with van der Waals surface area (Å²) in [5.74, 6) is 0. The Morgan fingerprint density at radius 1 is 1.15 bits per heavy atom. The number of rotatable bonds is 5. The fraction of sp³-hybridized carbons (Fsp3) is 0.500. The van der Waals surface area contributed by atoms with Crippen LogP contribution >= 0.6 is 0 Å². The Balaban J connectivity index is 0. The monoisotopic (exact) mass is 186 g/mol. The summed E-state index contributed by atoms with van der Waals surface area (Å²) in [6.45, 7) is 2.25. The van der Waals surface area contributed by atoms with Crippen molar-refractivity contribution in [2.75, 3.05) is 0 Å². The van der Waals surface area contributed by atoms with Crippen LogP contribution in [0.1, 0.15) is 39.6 Å². The van der Waals surface area contributed by atoms with E-state index in [-0.39, 0.29) is 24.5 Å². The summed E-state index contributed by atoms with van der Waals surface area (Å²) in [4.78, 5) is 0. The largest absolute Gasteiger partial charge is 2.00 e. The molecule has 0 aliphatic rings. The van der Waals surface area contributed by atoms with E-state index in [9.17, 15) is 0 Å². The van der Waals surface area contributed by atoms with Gasteiger partial charge in [-0.05, 0) is 0 Å². The summed E-state index contributed by atoms with van der Waals surface area (Å²) in [5.41, 5.74) is 1.45. The van der Waals surface area contributed by atoms with Gasteiger partial charge in [0.2, 0.25) is 0 Å². The van der Waals surface area contributed by atoms with E-state index in [0.29, 0.717) is 0 Å². The summed E-state index contributed by atoms with van der Waals surface area (Å²) >= 11 is 0. The van der Waals surface area contributed by atoms with Crippen molar-refractivity contribution in [1.29, 1.82) is 0 Å². The normalized spacial score (nSPS) is 9.31. The van der Waals surface area contributed by atoms with Gasteiger partial charge in [-0.1, -0.05) is 39.0 Å². The fourth-order valence-corrected chi connectivity index (χ4v) is 1.34. The van der Waals surface area contributed by atoms with E-state index < -0.39 is 0 Å². The van der Waals surface area contributed by atoms with Crippen LogP contribution in [0.15, 0.2) is 24.3 Å². The molecule has 1 aromatic carbocycles. The van der Waals surface area contributed by atoms with Gasteiger partial charge in [-0.3, -0.25) is 0 Å². The molecule has 0 atom stereocenters. The van der Waals surface area contributed by atoms with E-state index in [4.69, 9.17) is 0 Å². The van der Waals surface area contributed by atoms with Crippen LogP contribution in [0.3, 0.4) is 0 Å². The van der Waals surface area contributed by atoms with Gasteiger partial charge >= 0.3 is 23.1 Å². The molecule has 0 aromatic heterocycles. The summed E-state index contributed by atoms with van der Waals surface area (Å²) in [6.07, 6.45) is 6.63. The van der Waals surface area contributed by atoms with Gasteiger partial charge in [-0.15, -0.1) is 0 Å². The molecule has 0 aliphatic carbocycles. The Morgan fingerprint density at radius 2 is 1.85 bits per heavy atom. The molecule has 0 heterocycles. The molecule has 0 N–H and O–H groups in total. The third kappa shape index (κ3) is 6.11. The molecule has 0 unspecified atom stereocenters. The topological polar surface area (TPSA) is 0 Å². The molecule has 0 aliphatic heterocycles. The van der Waals surface area contributed by atoms with E-state index in [2.05, 4.69) is 25.1 Å². The minimum absolute atomic E-state index is 0. The minimum Gasteiger partial charge on any atom is -1.00 e. The van der Waals surface area contributed by atoms with Crippen LogP contribution < -0.4 is 0 Å². The molecule has 13 heavy (non-hydrogen) atoms. The smallest absolute Gasteiger partial charge is 1.00 e. The maximum atomic E-state index is 3.03. The first-order valence-electron chi connectivity index (χ1n) is 4.88. The quantitative estimate of drug-likeness (QED) is 0.376. The average Bonchev–Trinajstić information content (AvgIpc) is 2.14. The molecule has 0 amide bonds. The Kier molecular flexibility index (Phi) is 8.57. The van der Waals surface area contributed by atoms with E-state index >= 15 is 0 Å². The van der Waals surface area contributed by atoms with E-state index in [1.54, 1.807) is 0 Å². The van der Waals surface area contributed by atoms with Crippen molar-refractivity contribution in [2.45, 2.75) is 39.0 Å². The molecule has 1 heteroatoms. The molecule has 68 valence electrons. The number of unbranched alkanes of at least 4 members (excludes halogenated alkanes) is 3. The van der Waals surface area contributed by atoms with Crippen LogP contribution in [-0.4, -0.2) is 23.1 Å². The van der Waals surface area contributed by atoms with Gasteiger partial charge in [0, 0.05) is 0 Å². The molecule has 0 radical (unpaired) electrons. The van der Waals surface area contributed by atoms with Crippen molar-refractivity contribution in [3.8, 4) is 0 Å². The van der Waals surface area contributed by atoms with Gasteiger partial charge in [0.15, 0.2) is 0 Å². The first-order chi connectivity index (χ1) is 5.93. The zero-order valence-corrected chi connectivity index (χ0v) is 9.97. The van der Waals surface area contributed by atoms with Crippen LogP contribution in [0.4, 0.5) is 0 Å². The molecule has 0 bridgehead atoms. The molecule has 0 saturated carbocycles. The van der Waals surface area contributed by atoms with E-state index in [1.807, 2.05) is 12.1 Å². The van der Waals surface area contributed by atoms with Crippen molar-refractivity contribution < 1.29 is 1.43 Å². The number of hydrogen-bond acceptors (Lipinski definition) is 0. The molecular formula is C12H18Mg. The van der Waals surface area contributed by atoms with E-state index in [0.717, 1.165) is 0 Å². The third-order valence-electron chi connectivity index (χ3n) is 2.11. The second-order valence-corrected chi connectivity index (χ2v) is 3.22. The first-order valence-corrected chi connectivity index (χ1v) is 4.88. The van der Waals surface area contributed by atoms with Gasteiger partial charge in [-0.2, -0.15) is 35.9 Å². The Hall–Kier alpha value is -0.0138. The number of hydrogen-bond donors (Lipinski definition) is 0. The van der Waals surface area contributed by atoms with Crippen LogP contribution in [0.5, 0.6) is 0 Å². The SMILES string of the molecule is CCCCCCc1cc[c-]cc1.[H-].[Mg+2]. The summed E-state index contributed by atoms with van der Waals surface area (Å²) in [7, 11) is 0. The maximum Gasteiger partial charge on any atom is 2.00 e. The van der Waals surface area contributed by atoms with Crippen LogP contribution in [0, 0.1) is 6.07 Å². The van der Waals surface area contributed by atoms with Crippen molar-refractivity contribution >= 4 is 23.1 Å². The Bertz CT molecular complexity index is 199. The average molecular weight is 187 g/mol. The van der Waals surface area contributed by atoms with Gasteiger partial charge < -0.3 is 1.43 Å². The molecule has 1 rings (SSSR count). The van der Waals surface area contributed by atoms with Gasteiger partial charge in [0.05, 0.1) is 0 Å². The third-order valence-corrected chi connectivity index (χ3v) is 2.11. The minimum atomic E-state index is 0. The van der Waals surface area contributed by atoms with Crippen LogP contribution in [0.2, 0.25) is 0 Å². The second kappa shape index (κ2) is 8.58. The molecule has 0 spiro atoms. The molecule has 0 fully saturated rings. The number of benzene rings is 1. The number of aryl methyl sites for hydroxylation is 1. The molecule has 1 aromatic rings. The van der Waals surface area contributed by atoms with Gasteiger partial charge in [-0.25, -0.2) is 0 Å². The summed E-state index contributed by atoms with van der Waals surface area (Å²) in [5, 5.41) is 0. The Labute approximate surface area is 99.4 Å². The fourth-order valence-electron chi connectivity index (χ4n) is 1.34. The summed E-state index contributed by atoms with van der Waals surface area (Å²) in [6, 6.07) is 11.3. The van der Waals surface area contributed by atoms with Crippen LogP contribution in [0.25, 0.3) is 0 Å². The van der Waals surface area contributed by atoms with Crippen molar-refractivity contribution in [1.82, 2.24) is 0 Å². The standard InChI is InChI=1S/C12H17.Mg.H/c1-2-3-4-6-9-12-10-7-5-8-11-12;;/h7-8,10-11H,2-4,6,9H2,1H3;;/q-1;+2;-1.